The monoisotopic (exact) mass is 368 g/mol. The number of nitrogens with one attached hydrogen (secondary N) is 1. The van der Waals surface area contributed by atoms with E-state index in [0.29, 0.717) is 24.3 Å². The van der Waals surface area contributed by atoms with Crippen LogP contribution < -0.4 is 5.32 Å². The third-order valence-corrected chi connectivity index (χ3v) is 4.40. The normalized spacial score (nSPS) is 10.6. The van der Waals surface area contributed by atoms with Crippen molar-refractivity contribution in [3.8, 4) is 11.3 Å². The van der Waals surface area contributed by atoms with Crippen LogP contribution in [0.3, 0.4) is 0 Å². The molecule has 2 heterocycles. The molecule has 0 aliphatic carbocycles. The van der Waals surface area contributed by atoms with Crippen molar-refractivity contribution >= 4 is 5.91 Å². The third kappa shape index (κ3) is 4.15. The highest BCUT2D eigenvalue weighted by Crippen LogP contribution is 2.22. The summed E-state index contributed by atoms with van der Waals surface area (Å²) in [6.07, 6.45) is 3.53. The number of pyridine rings is 1. The lowest BCUT2D eigenvalue weighted by Crippen LogP contribution is -2.23. The van der Waals surface area contributed by atoms with Crippen LogP contribution in [-0.4, -0.2) is 20.7 Å². The van der Waals surface area contributed by atoms with E-state index in [9.17, 15) is 4.79 Å². The Morgan fingerprint density at radius 2 is 1.61 bits per heavy atom. The van der Waals surface area contributed by atoms with Gasteiger partial charge in [0.2, 0.25) is 0 Å². The number of rotatable bonds is 6. The second-order valence-corrected chi connectivity index (χ2v) is 6.44. The lowest BCUT2D eigenvalue weighted by Gasteiger charge is -2.05. The molecule has 0 saturated carbocycles. The Hall–Kier alpha value is -3.73. The molecule has 2 aromatic heterocycles. The highest BCUT2D eigenvalue weighted by atomic mass is 16.1. The fourth-order valence-electron chi connectivity index (χ4n) is 3.02. The molecule has 4 rings (SSSR count). The topological polar surface area (TPSA) is 59.8 Å². The molecule has 0 spiro atoms. The first-order valence-electron chi connectivity index (χ1n) is 9.14. The van der Waals surface area contributed by atoms with Crippen LogP contribution in [0.25, 0.3) is 11.3 Å². The van der Waals surface area contributed by atoms with Crippen molar-refractivity contribution in [2.24, 2.45) is 0 Å². The van der Waals surface area contributed by atoms with Gasteiger partial charge in [-0.1, -0.05) is 66.7 Å². The first-order chi connectivity index (χ1) is 13.8. The number of carbonyl (C=O) groups is 1. The van der Waals surface area contributed by atoms with Gasteiger partial charge in [0.25, 0.3) is 5.91 Å². The van der Waals surface area contributed by atoms with Gasteiger partial charge >= 0.3 is 0 Å². The maximum Gasteiger partial charge on any atom is 0.255 e. The Morgan fingerprint density at radius 3 is 2.32 bits per heavy atom. The molecule has 0 aliphatic heterocycles. The lowest BCUT2D eigenvalue weighted by molar-refractivity contribution is 0.0951. The minimum Gasteiger partial charge on any atom is -0.346 e. The molecule has 0 atom stereocenters. The minimum atomic E-state index is -0.163. The van der Waals surface area contributed by atoms with Gasteiger partial charge in [-0.25, -0.2) is 0 Å². The van der Waals surface area contributed by atoms with Crippen molar-refractivity contribution in [1.82, 2.24) is 20.1 Å². The van der Waals surface area contributed by atoms with Gasteiger partial charge in [0.1, 0.15) is 5.69 Å². The summed E-state index contributed by atoms with van der Waals surface area (Å²) in [5, 5.41) is 7.64. The molecule has 1 N–H and O–H groups in total. The zero-order valence-electron chi connectivity index (χ0n) is 15.3. The Balaban J connectivity index is 1.61. The molecule has 0 fully saturated rings. The summed E-state index contributed by atoms with van der Waals surface area (Å²) in [7, 11) is 0. The van der Waals surface area contributed by atoms with Crippen molar-refractivity contribution in [3.63, 3.8) is 0 Å². The SMILES string of the molecule is O=C(NCc1ccccn1)c1cn(Cc2ccccc2)nc1-c1ccccc1. The molecular weight excluding hydrogens is 348 g/mol. The van der Waals surface area contributed by atoms with Gasteiger partial charge in [-0.2, -0.15) is 5.10 Å². The van der Waals surface area contributed by atoms with Crippen LogP contribution in [0.2, 0.25) is 0 Å². The first-order valence-corrected chi connectivity index (χ1v) is 9.14. The fraction of sp³-hybridized carbons (Fsp3) is 0.0870. The second kappa shape index (κ2) is 8.31. The molecule has 28 heavy (non-hydrogen) atoms. The molecule has 0 unspecified atom stereocenters. The summed E-state index contributed by atoms with van der Waals surface area (Å²) < 4.78 is 1.81. The number of nitrogens with zero attached hydrogens (tertiary/aromatic N) is 3. The maximum absolute atomic E-state index is 12.9. The van der Waals surface area contributed by atoms with Gasteiger partial charge in [-0.15, -0.1) is 0 Å². The zero-order valence-corrected chi connectivity index (χ0v) is 15.3. The zero-order chi connectivity index (χ0) is 19.2. The molecule has 0 aliphatic rings. The molecule has 0 bridgehead atoms. The Morgan fingerprint density at radius 1 is 0.893 bits per heavy atom. The fourth-order valence-corrected chi connectivity index (χ4v) is 3.02. The minimum absolute atomic E-state index is 0.163. The summed E-state index contributed by atoms with van der Waals surface area (Å²) >= 11 is 0. The number of benzene rings is 2. The van der Waals surface area contributed by atoms with E-state index in [1.807, 2.05) is 89.7 Å². The van der Waals surface area contributed by atoms with E-state index in [1.54, 1.807) is 6.20 Å². The molecule has 138 valence electrons. The van der Waals surface area contributed by atoms with Crippen LogP contribution in [0.5, 0.6) is 0 Å². The number of carbonyl (C=O) groups excluding carboxylic acids is 1. The van der Waals surface area contributed by atoms with Crippen LogP contribution >= 0.6 is 0 Å². The van der Waals surface area contributed by atoms with Gasteiger partial charge in [0, 0.05) is 18.0 Å². The Kier molecular flexibility index (Phi) is 5.24. The molecule has 5 heteroatoms. The average molecular weight is 368 g/mol. The van der Waals surface area contributed by atoms with Crippen molar-refractivity contribution < 1.29 is 4.79 Å². The summed E-state index contributed by atoms with van der Waals surface area (Å²) in [6, 6.07) is 25.5. The largest absolute Gasteiger partial charge is 0.346 e. The third-order valence-electron chi connectivity index (χ3n) is 4.40. The highest BCUT2D eigenvalue weighted by Gasteiger charge is 2.18. The summed E-state index contributed by atoms with van der Waals surface area (Å²) in [6.45, 7) is 0.978. The smallest absolute Gasteiger partial charge is 0.255 e. The highest BCUT2D eigenvalue weighted by molar-refractivity contribution is 5.99. The average Bonchev–Trinajstić information content (AvgIpc) is 3.18. The Bertz CT molecular complexity index is 1040. The molecule has 2 aromatic carbocycles. The van der Waals surface area contributed by atoms with Gasteiger partial charge in [0.15, 0.2) is 0 Å². The van der Waals surface area contributed by atoms with E-state index >= 15 is 0 Å². The lowest BCUT2D eigenvalue weighted by atomic mass is 10.1. The van der Waals surface area contributed by atoms with Crippen LogP contribution in [0.4, 0.5) is 0 Å². The second-order valence-electron chi connectivity index (χ2n) is 6.44. The van der Waals surface area contributed by atoms with E-state index in [4.69, 9.17) is 5.10 Å². The van der Waals surface area contributed by atoms with Gasteiger partial charge in [-0.05, 0) is 17.7 Å². The van der Waals surface area contributed by atoms with E-state index in [2.05, 4.69) is 10.3 Å². The van der Waals surface area contributed by atoms with Crippen LogP contribution in [0, 0.1) is 0 Å². The van der Waals surface area contributed by atoms with Gasteiger partial charge in [0.05, 0.1) is 24.3 Å². The van der Waals surface area contributed by atoms with Gasteiger partial charge in [-0.3, -0.25) is 14.5 Å². The van der Waals surface area contributed by atoms with Crippen molar-refractivity contribution in [1.29, 1.82) is 0 Å². The number of hydrogen-bond donors (Lipinski definition) is 1. The van der Waals surface area contributed by atoms with Crippen LogP contribution in [0.15, 0.2) is 91.3 Å². The van der Waals surface area contributed by atoms with Crippen molar-refractivity contribution in [2.45, 2.75) is 13.1 Å². The predicted octanol–water partition coefficient (Wildman–Crippen LogP) is 3.92. The number of amides is 1. The summed E-state index contributed by atoms with van der Waals surface area (Å²) in [5.41, 5.74) is 4.09. The quantitative estimate of drug-likeness (QED) is 0.561. The van der Waals surface area contributed by atoms with Crippen LogP contribution in [-0.2, 0) is 13.1 Å². The predicted molar refractivity (Wildman–Crippen MR) is 109 cm³/mol. The van der Waals surface area contributed by atoms with Crippen LogP contribution in [0.1, 0.15) is 21.6 Å². The number of hydrogen-bond acceptors (Lipinski definition) is 3. The summed E-state index contributed by atoms with van der Waals surface area (Å²) in [5.74, 6) is -0.163. The standard InChI is InChI=1S/C23H20N4O/c28-23(25-15-20-13-7-8-14-24-20)21-17-27(16-18-9-3-1-4-10-18)26-22(21)19-11-5-2-6-12-19/h1-14,17H,15-16H2,(H,25,28). The van der Waals surface area contributed by atoms with E-state index in [1.165, 1.54) is 0 Å². The van der Waals surface area contributed by atoms with E-state index in [0.717, 1.165) is 16.8 Å². The van der Waals surface area contributed by atoms with E-state index < -0.39 is 0 Å². The summed E-state index contributed by atoms with van der Waals surface area (Å²) in [4.78, 5) is 17.1. The molecule has 1 amide bonds. The first kappa shape index (κ1) is 17.7. The molecular formula is C23H20N4O. The Labute approximate surface area is 163 Å². The van der Waals surface area contributed by atoms with Crippen molar-refractivity contribution in [2.75, 3.05) is 0 Å². The van der Waals surface area contributed by atoms with E-state index in [-0.39, 0.29) is 5.91 Å². The number of aromatic nitrogens is 3. The molecule has 4 aromatic rings. The van der Waals surface area contributed by atoms with Crippen molar-refractivity contribution in [3.05, 3.63) is 108 Å². The maximum atomic E-state index is 12.9. The molecule has 0 radical (unpaired) electrons. The van der Waals surface area contributed by atoms with Gasteiger partial charge < -0.3 is 5.32 Å². The molecule has 5 nitrogen and oxygen atoms in total. The molecule has 0 saturated heterocycles.